The summed E-state index contributed by atoms with van der Waals surface area (Å²) in [5.74, 6) is 0.640. The molecule has 0 saturated carbocycles. The molecule has 2 rings (SSSR count). The van der Waals surface area contributed by atoms with Crippen molar-refractivity contribution in [3.8, 4) is 5.88 Å². The molecule has 4 heteroatoms. The number of ether oxygens (including phenoxy) is 1. The van der Waals surface area contributed by atoms with Crippen LogP contribution in [0.4, 0.5) is 0 Å². The van der Waals surface area contributed by atoms with Gasteiger partial charge in [0.15, 0.2) is 0 Å². The predicted octanol–water partition coefficient (Wildman–Crippen LogP) is 3.44. The highest BCUT2D eigenvalue weighted by molar-refractivity contribution is 5.74. The van der Waals surface area contributed by atoms with E-state index in [9.17, 15) is 0 Å². The highest BCUT2D eigenvalue weighted by Gasteiger charge is 2.13. The van der Waals surface area contributed by atoms with Crippen molar-refractivity contribution in [3.63, 3.8) is 0 Å². The van der Waals surface area contributed by atoms with Crippen molar-refractivity contribution in [1.82, 2.24) is 14.9 Å². The molecule has 0 atom stereocenters. The molecule has 114 valence electrons. The van der Waals surface area contributed by atoms with Crippen molar-refractivity contribution in [2.45, 2.75) is 46.7 Å². The Bertz CT molecular complexity index is 588. The minimum atomic E-state index is 0.511. The fraction of sp³-hybridized carbons (Fsp3) is 0.529. The van der Waals surface area contributed by atoms with Crippen molar-refractivity contribution in [1.29, 1.82) is 0 Å². The molecule has 0 unspecified atom stereocenters. The fourth-order valence-corrected chi connectivity index (χ4v) is 2.57. The molecule has 0 aliphatic heterocycles. The van der Waals surface area contributed by atoms with Crippen LogP contribution in [0.25, 0.3) is 11.0 Å². The van der Waals surface area contributed by atoms with Gasteiger partial charge in [0, 0.05) is 18.6 Å². The Kier molecular flexibility index (Phi) is 5.12. The van der Waals surface area contributed by atoms with Crippen LogP contribution in [0.3, 0.4) is 0 Å². The van der Waals surface area contributed by atoms with Crippen molar-refractivity contribution in [3.05, 3.63) is 30.0 Å². The summed E-state index contributed by atoms with van der Waals surface area (Å²) in [6.45, 7) is 12.3. The van der Waals surface area contributed by atoms with Gasteiger partial charge < -0.3 is 4.74 Å². The molecule has 0 N–H and O–H groups in total. The minimum absolute atomic E-state index is 0.511. The van der Waals surface area contributed by atoms with Crippen LogP contribution in [0.1, 0.15) is 33.4 Å². The number of hydrogen-bond donors (Lipinski definition) is 0. The summed E-state index contributed by atoms with van der Waals surface area (Å²) in [6, 6.07) is 8.90. The largest absolute Gasteiger partial charge is 0.475 e. The van der Waals surface area contributed by atoms with Crippen LogP contribution in [0.5, 0.6) is 5.88 Å². The van der Waals surface area contributed by atoms with Gasteiger partial charge >= 0.3 is 0 Å². The van der Waals surface area contributed by atoms with Crippen LogP contribution in [-0.4, -0.2) is 40.1 Å². The Hall–Kier alpha value is -1.68. The van der Waals surface area contributed by atoms with Gasteiger partial charge in [-0.25, -0.2) is 9.97 Å². The first kappa shape index (κ1) is 15.7. The van der Waals surface area contributed by atoms with Crippen LogP contribution in [-0.2, 0) is 0 Å². The maximum Gasteiger partial charge on any atom is 0.235 e. The topological polar surface area (TPSA) is 38.3 Å². The molecular formula is C17H25N3O. The normalized spacial score (nSPS) is 11.8. The monoisotopic (exact) mass is 287 g/mol. The van der Waals surface area contributed by atoms with Crippen LogP contribution in [0, 0.1) is 6.92 Å². The second-order valence-electron chi connectivity index (χ2n) is 5.88. The highest BCUT2D eigenvalue weighted by atomic mass is 16.5. The lowest BCUT2D eigenvalue weighted by atomic mass is 10.2. The van der Waals surface area contributed by atoms with Gasteiger partial charge in [0.05, 0.1) is 11.0 Å². The third kappa shape index (κ3) is 3.91. The van der Waals surface area contributed by atoms with Crippen molar-refractivity contribution >= 4 is 11.0 Å². The van der Waals surface area contributed by atoms with Gasteiger partial charge in [0.25, 0.3) is 0 Å². The van der Waals surface area contributed by atoms with Gasteiger partial charge in [-0.1, -0.05) is 12.1 Å². The Morgan fingerprint density at radius 3 is 2.14 bits per heavy atom. The summed E-state index contributed by atoms with van der Waals surface area (Å²) in [5.41, 5.74) is 2.63. The minimum Gasteiger partial charge on any atom is -0.475 e. The van der Waals surface area contributed by atoms with Crippen LogP contribution >= 0.6 is 0 Å². The summed E-state index contributed by atoms with van der Waals surface area (Å²) in [5, 5.41) is 0. The van der Waals surface area contributed by atoms with E-state index in [0.717, 1.165) is 23.3 Å². The molecular weight excluding hydrogens is 262 g/mol. The molecule has 0 aliphatic rings. The van der Waals surface area contributed by atoms with E-state index in [1.807, 2.05) is 31.2 Å². The lowest BCUT2D eigenvalue weighted by Gasteiger charge is -2.30. The highest BCUT2D eigenvalue weighted by Crippen LogP contribution is 2.18. The van der Waals surface area contributed by atoms with E-state index < -0.39 is 0 Å². The standard InChI is InChI=1S/C17H25N3O/c1-12(2)20(13(3)4)10-11-21-17-14(5)18-15-8-6-7-9-16(15)19-17/h6-9,12-13H,10-11H2,1-5H3. The van der Waals surface area contributed by atoms with Crippen molar-refractivity contribution in [2.24, 2.45) is 0 Å². The molecule has 1 aromatic carbocycles. The van der Waals surface area contributed by atoms with E-state index in [-0.39, 0.29) is 0 Å². The van der Waals surface area contributed by atoms with E-state index in [1.54, 1.807) is 0 Å². The van der Waals surface area contributed by atoms with Crippen molar-refractivity contribution < 1.29 is 4.74 Å². The summed E-state index contributed by atoms with van der Waals surface area (Å²) in [6.07, 6.45) is 0. The number of fused-ring (bicyclic) bond motifs is 1. The lowest BCUT2D eigenvalue weighted by molar-refractivity contribution is 0.140. The average molecular weight is 287 g/mol. The molecule has 1 heterocycles. The van der Waals surface area contributed by atoms with E-state index >= 15 is 0 Å². The molecule has 2 aromatic rings. The smallest absolute Gasteiger partial charge is 0.235 e. The van der Waals surface area contributed by atoms with Gasteiger partial charge in [0.2, 0.25) is 5.88 Å². The lowest BCUT2D eigenvalue weighted by Crippen LogP contribution is -2.39. The molecule has 0 bridgehead atoms. The zero-order chi connectivity index (χ0) is 15.4. The second kappa shape index (κ2) is 6.85. The van der Waals surface area contributed by atoms with Crippen LogP contribution in [0.15, 0.2) is 24.3 Å². The van der Waals surface area contributed by atoms with Crippen LogP contribution < -0.4 is 4.74 Å². The first-order valence-corrected chi connectivity index (χ1v) is 7.61. The maximum atomic E-state index is 5.86. The fourth-order valence-electron chi connectivity index (χ4n) is 2.57. The summed E-state index contributed by atoms with van der Waals surface area (Å²) in [4.78, 5) is 11.5. The number of aryl methyl sites for hydroxylation is 1. The summed E-state index contributed by atoms with van der Waals surface area (Å²) >= 11 is 0. The van der Waals surface area contributed by atoms with Gasteiger partial charge in [-0.3, -0.25) is 4.90 Å². The molecule has 4 nitrogen and oxygen atoms in total. The third-order valence-corrected chi connectivity index (χ3v) is 3.62. The molecule has 0 fully saturated rings. The van der Waals surface area contributed by atoms with Gasteiger partial charge in [-0.05, 0) is 46.8 Å². The molecule has 0 saturated heterocycles. The molecule has 21 heavy (non-hydrogen) atoms. The number of benzene rings is 1. The number of hydrogen-bond acceptors (Lipinski definition) is 4. The second-order valence-corrected chi connectivity index (χ2v) is 5.88. The quantitative estimate of drug-likeness (QED) is 0.816. The molecule has 0 spiro atoms. The zero-order valence-electron chi connectivity index (χ0n) is 13.6. The number of nitrogens with zero attached hydrogens (tertiary/aromatic N) is 3. The van der Waals surface area contributed by atoms with Gasteiger partial charge in [-0.2, -0.15) is 0 Å². The van der Waals surface area contributed by atoms with Crippen molar-refractivity contribution in [2.75, 3.05) is 13.2 Å². The SMILES string of the molecule is Cc1nc2ccccc2nc1OCCN(C(C)C)C(C)C. The number of aromatic nitrogens is 2. The van der Waals surface area contributed by atoms with E-state index in [0.29, 0.717) is 24.6 Å². The van der Waals surface area contributed by atoms with Gasteiger partial charge in [-0.15, -0.1) is 0 Å². The molecule has 0 amide bonds. The Morgan fingerprint density at radius 2 is 1.57 bits per heavy atom. The van der Waals surface area contributed by atoms with E-state index in [4.69, 9.17) is 4.74 Å². The number of rotatable bonds is 6. The Balaban J connectivity index is 2.04. The predicted molar refractivity (Wildman–Crippen MR) is 86.7 cm³/mol. The molecule has 1 aromatic heterocycles. The average Bonchev–Trinajstić information content (AvgIpc) is 2.43. The Morgan fingerprint density at radius 1 is 1.00 bits per heavy atom. The van der Waals surface area contributed by atoms with Gasteiger partial charge in [0.1, 0.15) is 12.3 Å². The number of para-hydroxylation sites is 2. The summed E-state index contributed by atoms with van der Waals surface area (Å²) < 4.78 is 5.86. The van der Waals surface area contributed by atoms with E-state index in [1.165, 1.54) is 0 Å². The molecule has 0 aliphatic carbocycles. The first-order valence-electron chi connectivity index (χ1n) is 7.61. The maximum absolute atomic E-state index is 5.86. The van der Waals surface area contributed by atoms with Crippen LogP contribution in [0.2, 0.25) is 0 Å². The third-order valence-electron chi connectivity index (χ3n) is 3.62. The van der Waals surface area contributed by atoms with E-state index in [2.05, 4.69) is 42.6 Å². The zero-order valence-corrected chi connectivity index (χ0v) is 13.6. The Labute approximate surface area is 127 Å². The molecule has 0 radical (unpaired) electrons. The summed E-state index contributed by atoms with van der Waals surface area (Å²) in [7, 11) is 0. The first-order chi connectivity index (χ1) is 9.99.